The minimum atomic E-state index is -1.09. The quantitative estimate of drug-likeness (QED) is 0.688. The smallest absolute Gasteiger partial charge is 0.139 e. The van der Waals surface area contributed by atoms with Crippen molar-refractivity contribution in [3.05, 3.63) is 65.3 Å². The van der Waals surface area contributed by atoms with Crippen LogP contribution < -0.4 is 5.73 Å². The number of rotatable bonds is 5. The van der Waals surface area contributed by atoms with Gasteiger partial charge in [-0.2, -0.15) is 0 Å². The maximum absolute atomic E-state index is 13.7. The summed E-state index contributed by atoms with van der Waals surface area (Å²) in [6.45, 7) is 0.200. The van der Waals surface area contributed by atoms with Crippen LogP contribution in [0.5, 0.6) is 0 Å². The second-order valence-corrected chi connectivity index (χ2v) is 9.05. The predicted octanol–water partition coefficient (Wildman–Crippen LogP) is 4.90. The van der Waals surface area contributed by atoms with E-state index in [1.807, 2.05) is 48.5 Å². The van der Waals surface area contributed by atoms with Crippen molar-refractivity contribution in [2.24, 2.45) is 5.73 Å². The van der Waals surface area contributed by atoms with Crippen LogP contribution in [0, 0.1) is 5.82 Å². The molecule has 1 unspecified atom stereocenters. The van der Waals surface area contributed by atoms with Crippen molar-refractivity contribution in [3.8, 4) is 11.1 Å². The Kier molecular flexibility index (Phi) is 5.50. The van der Waals surface area contributed by atoms with Crippen LogP contribution in [-0.4, -0.2) is 10.5 Å². The zero-order valence-electron chi connectivity index (χ0n) is 13.0. The number of hydrogen-bond donors (Lipinski definition) is 1. The van der Waals surface area contributed by atoms with Crippen molar-refractivity contribution in [2.75, 3.05) is 6.26 Å². The molecule has 0 amide bonds. The predicted molar refractivity (Wildman–Crippen MR) is 101 cm³/mol. The number of halogens is 1. The van der Waals surface area contributed by atoms with E-state index in [0.29, 0.717) is 4.88 Å². The van der Waals surface area contributed by atoms with Gasteiger partial charge in [0.15, 0.2) is 0 Å². The molecule has 2 nitrogen and oxygen atoms in total. The Bertz CT molecular complexity index is 877. The van der Waals surface area contributed by atoms with Gasteiger partial charge in [0, 0.05) is 33.4 Å². The Hall–Kier alpha value is -1.47. The summed E-state index contributed by atoms with van der Waals surface area (Å²) < 4.78 is 26.5. The molecule has 0 aliphatic carbocycles. The van der Waals surface area contributed by atoms with E-state index in [9.17, 15) is 8.60 Å². The van der Waals surface area contributed by atoms with Gasteiger partial charge in [0.2, 0.25) is 0 Å². The molecule has 0 spiro atoms. The molecule has 3 aromatic rings. The lowest BCUT2D eigenvalue weighted by molar-refractivity contribution is 0.617. The molecule has 0 saturated carbocycles. The number of benzene rings is 2. The average molecular weight is 378 g/mol. The van der Waals surface area contributed by atoms with Crippen LogP contribution in [0.2, 0.25) is 0 Å². The van der Waals surface area contributed by atoms with E-state index in [1.165, 1.54) is 29.2 Å². The summed E-state index contributed by atoms with van der Waals surface area (Å²) in [5.74, 6) is -0.261. The highest BCUT2D eigenvalue weighted by Gasteiger charge is 2.11. The summed E-state index contributed by atoms with van der Waals surface area (Å²) in [7, 11) is -1.09. The van der Waals surface area contributed by atoms with Crippen molar-refractivity contribution in [2.45, 2.75) is 20.5 Å². The molecule has 0 aliphatic rings. The molecule has 0 saturated heterocycles. The Morgan fingerprint density at radius 3 is 2.50 bits per heavy atom. The summed E-state index contributed by atoms with van der Waals surface area (Å²) in [4.78, 5) is 2.25. The lowest BCUT2D eigenvalue weighted by atomic mass is 10.1. The first-order chi connectivity index (χ1) is 11.6. The van der Waals surface area contributed by atoms with E-state index < -0.39 is 10.8 Å². The van der Waals surface area contributed by atoms with Crippen LogP contribution >= 0.6 is 23.1 Å². The molecule has 0 bridgehead atoms. The fourth-order valence-electron chi connectivity index (χ4n) is 2.28. The van der Waals surface area contributed by atoms with E-state index in [4.69, 9.17) is 5.73 Å². The fourth-order valence-corrected chi connectivity index (χ4v) is 5.11. The van der Waals surface area contributed by atoms with Gasteiger partial charge in [-0.3, -0.25) is 4.21 Å². The second kappa shape index (κ2) is 7.61. The van der Waals surface area contributed by atoms with Crippen molar-refractivity contribution < 1.29 is 8.60 Å². The number of hydrogen-bond acceptors (Lipinski definition) is 4. The molecule has 2 aromatic carbocycles. The number of thiophene rings is 1. The van der Waals surface area contributed by atoms with Gasteiger partial charge in [-0.15, -0.1) is 11.3 Å². The van der Waals surface area contributed by atoms with E-state index in [0.717, 1.165) is 25.1 Å². The van der Waals surface area contributed by atoms with Gasteiger partial charge in [-0.25, -0.2) is 4.39 Å². The Morgan fingerprint density at radius 2 is 1.88 bits per heavy atom. The molecule has 2 N–H and O–H groups in total. The van der Waals surface area contributed by atoms with Crippen LogP contribution in [0.3, 0.4) is 0 Å². The van der Waals surface area contributed by atoms with Crippen LogP contribution in [0.25, 0.3) is 11.1 Å². The minimum Gasteiger partial charge on any atom is -0.326 e. The van der Waals surface area contributed by atoms with Gasteiger partial charge < -0.3 is 5.73 Å². The summed E-state index contributed by atoms with van der Waals surface area (Å²) >= 11 is 2.82. The van der Waals surface area contributed by atoms with E-state index in [-0.39, 0.29) is 12.4 Å². The lowest BCUT2D eigenvalue weighted by Crippen LogP contribution is -1.94. The first kappa shape index (κ1) is 17.4. The molecule has 124 valence electrons. The third-order valence-electron chi connectivity index (χ3n) is 3.46. The SMILES string of the molecule is CS(=O)c1cc(Sc2cc(F)c(CN)s2)cc(-c2ccccc2)c1. The average Bonchev–Trinajstić information content (AvgIpc) is 2.94. The topological polar surface area (TPSA) is 43.1 Å². The molecule has 1 heterocycles. The lowest BCUT2D eigenvalue weighted by Gasteiger charge is -2.08. The minimum absolute atomic E-state index is 0.200. The Labute approximate surface area is 151 Å². The molecule has 24 heavy (non-hydrogen) atoms. The van der Waals surface area contributed by atoms with Crippen LogP contribution in [0.15, 0.2) is 68.6 Å². The monoisotopic (exact) mass is 377 g/mol. The second-order valence-electron chi connectivity index (χ2n) is 5.16. The summed E-state index contributed by atoms with van der Waals surface area (Å²) in [5.41, 5.74) is 7.61. The summed E-state index contributed by atoms with van der Waals surface area (Å²) in [6.07, 6.45) is 1.66. The molecule has 3 rings (SSSR count). The van der Waals surface area contributed by atoms with Gasteiger partial charge in [0.05, 0.1) is 9.09 Å². The number of nitrogens with two attached hydrogens (primary N) is 1. The highest BCUT2D eigenvalue weighted by molar-refractivity contribution is 8.01. The standard InChI is InChI=1S/C18H16FNOS3/c1-24(21)15-8-13(12-5-3-2-4-6-12)7-14(9-15)22-18-10-16(19)17(11-20)23-18/h2-10H,11,20H2,1H3. The molecule has 1 aromatic heterocycles. The first-order valence-electron chi connectivity index (χ1n) is 7.27. The molecule has 0 fully saturated rings. The first-order valence-corrected chi connectivity index (χ1v) is 10.5. The van der Waals surface area contributed by atoms with Gasteiger partial charge in [0.25, 0.3) is 0 Å². The van der Waals surface area contributed by atoms with Crippen molar-refractivity contribution in [1.29, 1.82) is 0 Å². The van der Waals surface area contributed by atoms with E-state index in [2.05, 4.69) is 0 Å². The van der Waals surface area contributed by atoms with Gasteiger partial charge in [0.1, 0.15) is 5.82 Å². The largest absolute Gasteiger partial charge is 0.326 e. The molecular formula is C18H16FNOS3. The summed E-state index contributed by atoms with van der Waals surface area (Å²) in [5, 5.41) is 0. The van der Waals surface area contributed by atoms with Gasteiger partial charge in [-0.1, -0.05) is 42.1 Å². The van der Waals surface area contributed by atoms with Gasteiger partial charge >= 0.3 is 0 Å². The van der Waals surface area contributed by atoms with Gasteiger partial charge in [-0.05, 0) is 35.4 Å². The van der Waals surface area contributed by atoms with E-state index >= 15 is 0 Å². The van der Waals surface area contributed by atoms with Crippen LogP contribution in [-0.2, 0) is 17.3 Å². The maximum Gasteiger partial charge on any atom is 0.139 e. The summed E-state index contributed by atoms with van der Waals surface area (Å²) in [6, 6.07) is 17.3. The van der Waals surface area contributed by atoms with Crippen molar-refractivity contribution in [3.63, 3.8) is 0 Å². The molecule has 0 aliphatic heterocycles. The highest BCUT2D eigenvalue weighted by Crippen LogP contribution is 2.37. The van der Waals surface area contributed by atoms with Crippen molar-refractivity contribution in [1.82, 2.24) is 0 Å². The highest BCUT2D eigenvalue weighted by atomic mass is 32.2. The Balaban J connectivity index is 2.00. The Morgan fingerprint density at radius 1 is 1.12 bits per heavy atom. The zero-order valence-corrected chi connectivity index (χ0v) is 15.4. The van der Waals surface area contributed by atoms with Crippen LogP contribution in [0.4, 0.5) is 4.39 Å². The normalized spacial score (nSPS) is 12.3. The van der Waals surface area contributed by atoms with Crippen LogP contribution in [0.1, 0.15) is 4.88 Å². The molecule has 6 heteroatoms. The molecule has 1 atom stereocenters. The van der Waals surface area contributed by atoms with Crippen molar-refractivity contribution >= 4 is 33.9 Å². The maximum atomic E-state index is 13.7. The fraction of sp³-hybridized carbons (Fsp3) is 0.111. The third-order valence-corrected chi connectivity index (χ3v) is 6.57. The van der Waals surface area contributed by atoms with E-state index in [1.54, 1.807) is 6.26 Å². The molecule has 0 radical (unpaired) electrons. The third kappa shape index (κ3) is 3.95. The molecular weight excluding hydrogens is 361 g/mol. The zero-order chi connectivity index (χ0) is 17.1.